The molecule has 0 radical (unpaired) electrons. The summed E-state index contributed by atoms with van der Waals surface area (Å²) < 4.78 is 5.50. The van der Waals surface area contributed by atoms with Crippen molar-refractivity contribution < 1.29 is 25.2 Å². The highest BCUT2D eigenvalue weighted by Gasteiger charge is 2.44. The second-order valence-electron chi connectivity index (χ2n) is 4.88. The van der Waals surface area contributed by atoms with Gasteiger partial charge in [0.25, 0.3) is 0 Å². The zero-order valence-corrected chi connectivity index (χ0v) is 11.6. The molecule has 1 fully saturated rings. The van der Waals surface area contributed by atoms with Crippen LogP contribution in [0.3, 0.4) is 0 Å². The Balaban J connectivity index is 1.98. The standard InChI is InChI=1S/C12H15N3O5S/c13-11-4-1-6(21-12(4)15-3-14-11)10-9(19)8(18)7(17)5(2-16)20-10/h1,3,5,7-10,16-19H,2H2,(H2,13,14,15)/t5-,7-,8+,9-,10-/m1/s1. The molecule has 3 rings (SSSR count). The second-order valence-corrected chi connectivity index (χ2v) is 5.94. The molecule has 2 aromatic rings. The molecule has 6 N–H and O–H groups in total. The van der Waals surface area contributed by atoms with Crippen LogP contribution in [0, 0.1) is 0 Å². The number of aliphatic hydroxyl groups is 4. The van der Waals surface area contributed by atoms with Gasteiger partial charge in [0.15, 0.2) is 0 Å². The van der Waals surface area contributed by atoms with Crippen LogP contribution in [0.2, 0.25) is 0 Å². The van der Waals surface area contributed by atoms with Gasteiger partial charge in [-0.2, -0.15) is 0 Å². The molecule has 0 saturated carbocycles. The monoisotopic (exact) mass is 313 g/mol. The molecule has 3 heterocycles. The van der Waals surface area contributed by atoms with E-state index in [2.05, 4.69) is 9.97 Å². The van der Waals surface area contributed by atoms with Gasteiger partial charge in [-0.15, -0.1) is 11.3 Å². The van der Waals surface area contributed by atoms with Gasteiger partial charge in [-0.05, 0) is 6.07 Å². The Kier molecular flexibility index (Phi) is 3.78. The lowest BCUT2D eigenvalue weighted by molar-refractivity contribution is -0.230. The zero-order chi connectivity index (χ0) is 15.1. The predicted molar refractivity (Wildman–Crippen MR) is 74.5 cm³/mol. The summed E-state index contributed by atoms with van der Waals surface area (Å²) >= 11 is 1.25. The third-order valence-corrected chi connectivity index (χ3v) is 4.66. The van der Waals surface area contributed by atoms with Gasteiger partial charge in [0.05, 0.1) is 12.0 Å². The number of rotatable bonds is 2. The van der Waals surface area contributed by atoms with Gasteiger partial charge in [-0.1, -0.05) is 0 Å². The molecule has 21 heavy (non-hydrogen) atoms. The average Bonchev–Trinajstić information content (AvgIpc) is 2.90. The average molecular weight is 313 g/mol. The van der Waals surface area contributed by atoms with E-state index >= 15 is 0 Å². The van der Waals surface area contributed by atoms with Crippen LogP contribution in [0.4, 0.5) is 5.82 Å². The molecule has 5 atom stereocenters. The van der Waals surface area contributed by atoms with E-state index in [9.17, 15) is 20.4 Å². The fourth-order valence-corrected chi connectivity index (χ4v) is 3.45. The molecule has 1 saturated heterocycles. The van der Waals surface area contributed by atoms with Gasteiger partial charge in [-0.3, -0.25) is 0 Å². The fourth-order valence-electron chi connectivity index (χ4n) is 2.37. The molecule has 2 aromatic heterocycles. The highest BCUT2D eigenvalue weighted by molar-refractivity contribution is 7.18. The lowest BCUT2D eigenvalue weighted by Gasteiger charge is -2.39. The van der Waals surface area contributed by atoms with Crippen LogP contribution in [0.1, 0.15) is 11.0 Å². The minimum absolute atomic E-state index is 0.312. The lowest BCUT2D eigenvalue weighted by Crippen LogP contribution is -2.55. The minimum atomic E-state index is -1.41. The Morgan fingerprint density at radius 3 is 2.62 bits per heavy atom. The molecule has 8 nitrogen and oxygen atoms in total. The van der Waals surface area contributed by atoms with Crippen LogP contribution in [-0.2, 0) is 4.74 Å². The SMILES string of the molecule is Nc1ncnc2sc([C@H]3O[C@H](CO)[C@@H](O)[C@H](O)[C@H]3O)cc12. The smallest absolute Gasteiger partial charge is 0.135 e. The maximum atomic E-state index is 10.1. The van der Waals surface area contributed by atoms with E-state index in [0.29, 0.717) is 20.9 Å². The lowest BCUT2D eigenvalue weighted by atomic mass is 9.94. The topological polar surface area (TPSA) is 142 Å². The van der Waals surface area contributed by atoms with Crippen LogP contribution < -0.4 is 5.73 Å². The highest BCUT2D eigenvalue weighted by Crippen LogP contribution is 2.38. The van der Waals surface area contributed by atoms with E-state index < -0.39 is 37.1 Å². The van der Waals surface area contributed by atoms with Crippen LogP contribution in [0.25, 0.3) is 10.2 Å². The van der Waals surface area contributed by atoms with Crippen molar-refractivity contribution in [3.05, 3.63) is 17.3 Å². The Bertz CT molecular complexity index is 649. The number of anilines is 1. The van der Waals surface area contributed by atoms with E-state index in [1.54, 1.807) is 6.07 Å². The summed E-state index contributed by atoms with van der Waals surface area (Å²) in [5.41, 5.74) is 5.76. The van der Waals surface area contributed by atoms with Crippen molar-refractivity contribution in [2.45, 2.75) is 30.5 Å². The first kappa shape index (κ1) is 14.6. The molecule has 1 aliphatic rings. The number of fused-ring (bicyclic) bond motifs is 1. The first-order valence-electron chi connectivity index (χ1n) is 6.33. The highest BCUT2D eigenvalue weighted by atomic mass is 32.1. The number of hydrogen-bond acceptors (Lipinski definition) is 9. The van der Waals surface area contributed by atoms with Crippen molar-refractivity contribution in [3.8, 4) is 0 Å². The van der Waals surface area contributed by atoms with Gasteiger partial charge in [0.2, 0.25) is 0 Å². The van der Waals surface area contributed by atoms with Gasteiger partial charge in [-0.25, -0.2) is 9.97 Å². The molecule has 0 aliphatic carbocycles. The number of aromatic nitrogens is 2. The number of hydrogen-bond donors (Lipinski definition) is 5. The number of ether oxygens (including phenoxy) is 1. The molecule has 0 bridgehead atoms. The molecule has 0 aromatic carbocycles. The predicted octanol–water partition coefficient (Wildman–Crippen LogP) is -1.21. The molecule has 9 heteroatoms. The van der Waals surface area contributed by atoms with E-state index in [4.69, 9.17) is 10.5 Å². The summed E-state index contributed by atoms with van der Waals surface area (Å²) in [6, 6.07) is 1.68. The number of aliphatic hydroxyl groups excluding tert-OH is 4. The zero-order valence-electron chi connectivity index (χ0n) is 10.8. The number of nitrogens with zero attached hydrogens (tertiary/aromatic N) is 2. The first-order valence-corrected chi connectivity index (χ1v) is 7.15. The normalized spacial score (nSPS) is 33.4. The van der Waals surface area contributed by atoms with Crippen molar-refractivity contribution in [1.82, 2.24) is 9.97 Å². The molecule has 0 amide bonds. The number of nitrogen functional groups attached to an aromatic ring is 1. The molecule has 1 aliphatic heterocycles. The maximum absolute atomic E-state index is 10.1. The van der Waals surface area contributed by atoms with Gasteiger partial charge in [0, 0.05) is 4.88 Å². The summed E-state index contributed by atoms with van der Waals surface area (Å²) in [7, 11) is 0. The molecule has 0 unspecified atom stereocenters. The largest absolute Gasteiger partial charge is 0.394 e. The van der Waals surface area contributed by atoms with Crippen LogP contribution in [-0.4, -0.2) is 61.4 Å². The molecule has 114 valence electrons. The maximum Gasteiger partial charge on any atom is 0.135 e. The van der Waals surface area contributed by atoms with E-state index in [1.807, 2.05) is 0 Å². The van der Waals surface area contributed by atoms with Crippen LogP contribution in [0.15, 0.2) is 12.4 Å². The van der Waals surface area contributed by atoms with Gasteiger partial charge >= 0.3 is 0 Å². The van der Waals surface area contributed by atoms with Crippen LogP contribution >= 0.6 is 11.3 Å². The molecular formula is C12H15N3O5S. The van der Waals surface area contributed by atoms with E-state index in [-0.39, 0.29) is 0 Å². The first-order chi connectivity index (χ1) is 10.0. The Morgan fingerprint density at radius 1 is 1.19 bits per heavy atom. The van der Waals surface area contributed by atoms with E-state index in [1.165, 1.54) is 17.7 Å². The van der Waals surface area contributed by atoms with Crippen molar-refractivity contribution in [1.29, 1.82) is 0 Å². The Labute approximate surface area is 123 Å². The molecule has 0 spiro atoms. The van der Waals surface area contributed by atoms with Crippen molar-refractivity contribution in [2.24, 2.45) is 0 Å². The van der Waals surface area contributed by atoms with Crippen molar-refractivity contribution in [2.75, 3.05) is 12.3 Å². The summed E-state index contributed by atoms with van der Waals surface area (Å²) in [4.78, 5) is 9.19. The Morgan fingerprint density at radius 2 is 1.95 bits per heavy atom. The van der Waals surface area contributed by atoms with Crippen LogP contribution in [0.5, 0.6) is 0 Å². The summed E-state index contributed by atoms with van der Waals surface area (Å²) in [5.74, 6) is 0.312. The summed E-state index contributed by atoms with van der Waals surface area (Å²) in [6.07, 6.45) is -4.58. The Hall–Kier alpha value is -1.36. The number of nitrogens with two attached hydrogens (primary N) is 1. The van der Waals surface area contributed by atoms with Gasteiger partial charge < -0.3 is 30.9 Å². The summed E-state index contributed by atoms with van der Waals surface area (Å²) in [5, 5.41) is 39.5. The second kappa shape index (κ2) is 5.44. The third kappa shape index (κ3) is 2.37. The fraction of sp³-hybridized carbons (Fsp3) is 0.500. The minimum Gasteiger partial charge on any atom is -0.394 e. The van der Waals surface area contributed by atoms with Crippen molar-refractivity contribution in [3.63, 3.8) is 0 Å². The summed E-state index contributed by atoms with van der Waals surface area (Å²) in [6.45, 7) is -0.464. The van der Waals surface area contributed by atoms with E-state index in [0.717, 1.165) is 0 Å². The number of thiophene rings is 1. The third-order valence-electron chi connectivity index (χ3n) is 3.55. The van der Waals surface area contributed by atoms with Crippen molar-refractivity contribution >= 4 is 27.4 Å². The quantitative estimate of drug-likeness (QED) is 0.465. The van der Waals surface area contributed by atoms with Gasteiger partial charge in [0.1, 0.15) is 47.5 Å². The molecular weight excluding hydrogens is 298 g/mol.